The molecule has 0 spiro atoms. The molecule has 3 fully saturated rings. The zero-order chi connectivity index (χ0) is 38.7. The molecule has 0 N–H and O–H groups in total. The second-order valence-electron chi connectivity index (χ2n) is 14.4. The molecule has 1 saturated carbocycles. The van der Waals surface area contributed by atoms with Crippen molar-refractivity contribution in [3.05, 3.63) is 71.3 Å². The standard InChI is InChI=1S/C43H56N2O10/c1-48-37-16-14-30(25-38(37)49-2)13-15-36(31-8-6-9-33(26-31)54-23-20-44-18-21-53-22-19-44)55-43(47)35-10-7-17-45(35)42(46)34(24-29-11-12-29)32-27-39(50-3)41(52-5)40(28-32)51-4/h6,8-9,14,16,25-29,34-36H,7,10-13,15,17-24H2,1-5H3/t34-,35-,36+/m0/s1. The van der Waals surface area contributed by atoms with Crippen LogP contribution in [-0.2, 0) is 25.5 Å². The summed E-state index contributed by atoms with van der Waals surface area (Å²) in [6, 6.07) is 16.6. The number of ether oxygens (including phenoxy) is 8. The molecule has 12 nitrogen and oxygen atoms in total. The van der Waals surface area contributed by atoms with Crippen LogP contribution in [0.4, 0.5) is 0 Å². The highest BCUT2D eigenvalue weighted by Crippen LogP contribution is 2.45. The second-order valence-corrected chi connectivity index (χ2v) is 14.4. The van der Waals surface area contributed by atoms with Crippen LogP contribution in [0, 0.1) is 5.92 Å². The molecule has 298 valence electrons. The van der Waals surface area contributed by atoms with Crippen molar-refractivity contribution in [1.29, 1.82) is 0 Å². The first kappa shape index (κ1) is 40.0. The average molecular weight is 761 g/mol. The van der Waals surface area contributed by atoms with Crippen molar-refractivity contribution in [3.8, 4) is 34.5 Å². The Labute approximate surface area is 324 Å². The minimum Gasteiger partial charge on any atom is -0.493 e. The lowest BCUT2D eigenvalue weighted by atomic mass is 9.91. The largest absolute Gasteiger partial charge is 0.493 e. The quantitative estimate of drug-likeness (QED) is 0.130. The number of likely N-dealkylation sites (tertiary alicyclic amines) is 1. The maximum Gasteiger partial charge on any atom is 0.329 e. The number of amides is 1. The summed E-state index contributed by atoms with van der Waals surface area (Å²) in [5.41, 5.74) is 2.63. The zero-order valence-corrected chi connectivity index (χ0v) is 32.9. The maximum absolute atomic E-state index is 14.6. The monoisotopic (exact) mass is 760 g/mol. The van der Waals surface area contributed by atoms with Gasteiger partial charge < -0.3 is 42.8 Å². The van der Waals surface area contributed by atoms with E-state index < -0.39 is 24.0 Å². The fourth-order valence-corrected chi connectivity index (χ4v) is 7.61. The van der Waals surface area contributed by atoms with Crippen molar-refractivity contribution >= 4 is 11.9 Å². The number of nitrogens with zero attached hydrogens (tertiary/aromatic N) is 2. The maximum atomic E-state index is 14.6. The van der Waals surface area contributed by atoms with Crippen LogP contribution in [0.15, 0.2) is 54.6 Å². The number of benzene rings is 3. The van der Waals surface area contributed by atoms with Gasteiger partial charge in [0.2, 0.25) is 11.7 Å². The Bertz CT molecular complexity index is 1720. The summed E-state index contributed by atoms with van der Waals surface area (Å²) in [7, 11) is 7.92. The van der Waals surface area contributed by atoms with Crippen LogP contribution < -0.4 is 28.4 Å². The highest BCUT2D eigenvalue weighted by molar-refractivity contribution is 5.89. The number of hydrogen-bond acceptors (Lipinski definition) is 11. The van der Waals surface area contributed by atoms with E-state index in [-0.39, 0.29) is 5.91 Å². The summed E-state index contributed by atoms with van der Waals surface area (Å²) in [5.74, 6) is 2.94. The Morgan fingerprint density at radius 2 is 1.51 bits per heavy atom. The second kappa shape index (κ2) is 19.3. The zero-order valence-electron chi connectivity index (χ0n) is 32.9. The molecular formula is C43H56N2O10. The van der Waals surface area contributed by atoms with Gasteiger partial charge in [0, 0.05) is 26.2 Å². The molecule has 3 aromatic carbocycles. The van der Waals surface area contributed by atoms with Gasteiger partial charge in [0.05, 0.1) is 54.7 Å². The lowest BCUT2D eigenvalue weighted by Gasteiger charge is -2.30. The molecule has 2 saturated heterocycles. The van der Waals surface area contributed by atoms with E-state index in [1.165, 1.54) is 0 Å². The summed E-state index contributed by atoms with van der Waals surface area (Å²) < 4.78 is 46.0. The molecule has 1 amide bonds. The van der Waals surface area contributed by atoms with Crippen LogP contribution >= 0.6 is 0 Å². The highest BCUT2D eigenvalue weighted by atomic mass is 16.5. The smallest absolute Gasteiger partial charge is 0.329 e. The minimum atomic E-state index is -0.701. The fourth-order valence-electron chi connectivity index (χ4n) is 7.61. The molecular weight excluding hydrogens is 704 g/mol. The summed E-state index contributed by atoms with van der Waals surface area (Å²) in [6.07, 6.45) is 4.62. The van der Waals surface area contributed by atoms with Gasteiger partial charge in [0.25, 0.3) is 0 Å². The Balaban J connectivity index is 1.22. The van der Waals surface area contributed by atoms with Crippen molar-refractivity contribution in [1.82, 2.24) is 9.80 Å². The molecule has 3 aliphatic rings. The third-order valence-corrected chi connectivity index (χ3v) is 10.9. The molecule has 12 heteroatoms. The van der Waals surface area contributed by atoms with Gasteiger partial charge in [0.15, 0.2) is 23.0 Å². The van der Waals surface area contributed by atoms with Gasteiger partial charge >= 0.3 is 5.97 Å². The lowest BCUT2D eigenvalue weighted by molar-refractivity contribution is -0.159. The van der Waals surface area contributed by atoms with Crippen molar-refractivity contribution in [2.24, 2.45) is 5.92 Å². The summed E-state index contributed by atoms with van der Waals surface area (Å²) in [5, 5.41) is 0. The van der Waals surface area contributed by atoms with Crippen molar-refractivity contribution < 1.29 is 47.5 Å². The van der Waals surface area contributed by atoms with Gasteiger partial charge in [-0.3, -0.25) is 9.69 Å². The van der Waals surface area contributed by atoms with E-state index in [9.17, 15) is 9.59 Å². The Hall–Kier alpha value is -4.68. The number of carbonyl (C=O) groups excluding carboxylic acids is 2. The number of rotatable bonds is 19. The average Bonchev–Trinajstić information content (AvgIpc) is 3.92. The van der Waals surface area contributed by atoms with Crippen LogP contribution in [0.1, 0.15) is 67.2 Å². The van der Waals surface area contributed by atoms with E-state index in [4.69, 9.17) is 37.9 Å². The van der Waals surface area contributed by atoms with E-state index in [2.05, 4.69) is 4.90 Å². The molecule has 3 aromatic rings. The van der Waals surface area contributed by atoms with Crippen LogP contribution in [0.2, 0.25) is 0 Å². The molecule has 2 heterocycles. The lowest BCUT2D eigenvalue weighted by Crippen LogP contribution is -2.44. The predicted molar refractivity (Wildman–Crippen MR) is 207 cm³/mol. The number of carbonyl (C=O) groups is 2. The molecule has 0 unspecified atom stereocenters. The van der Waals surface area contributed by atoms with Crippen LogP contribution in [0.25, 0.3) is 0 Å². The first-order valence-corrected chi connectivity index (χ1v) is 19.4. The van der Waals surface area contributed by atoms with E-state index in [0.717, 1.165) is 62.4 Å². The third kappa shape index (κ3) is 10.1. The van der Waals surface area contributed by atoms with Crippen molar-refractivity contribution in [2.75, 3.05) is 81.5 Å². The van der Waals surface area contributed by atoms with Crippen LogP contribution in [0.5, 0.6) is 34.5 Å². The van der Waals surface area contributed by atoms with E-state index in [1.807, 2.05) is 54.6 Å². The summed E-state index contributed by atoms with van der Waals surface area (Å²) in [4.78, 5) is 32.9. The SMILES string of the molecule is COc1ccc(CC[C@@H](OC(=O)[C@@H]2CCCN2C(=O)[C@@H](CC2CC2)c2cc(OC)c(OC)c(OC)c2)c2cccc(OCCN3CCOCC3)c2)cc1OC. The normalized spacial score (nSPS) is 18.3. The fraction of sp³-hybridized carbons (Fsp3) is 0.535. The number of esters is 1. The van der Waals surface area contributed by atoms with Crippen molar-refractivity contribution in [3.63, 3.8) is 0 Å². The van der Waals surface area contributed by atoms with Gasteiger partial charge in [-0.05, 0) is 91.1 Å². The van der Waals surface area contributed by atoms with Crippen LogP contribution in [-0.4, -0.2) is 109 Å². The molecule has 1 aliphatic carbocycles. The van der Waals surface area contributed by atoms with E-state index in [0.29, 0.717) is 85.7 Å². The van der Waals surface area contributed by atoms with Gasteiger partial charge in [-0.25, -0.2) is 4.79 Å². The van der Waals surface area contributed by atoms with E-state index in [1.54, 1.807) is 40.4 Å². The van der Waals surface area contributed by atoms with Gasteiger partial charge in [-0.2, -0.15) is 0 Å². The minimum absolute atomic E-state index is 0.0850. The molecule has 0 bridgehead atoms. The summed E-state index contributed by atoms with van der Waals surface area (Å²) >= 11 is 0. The Morgan fingerprint density at radius 1 is 0.782 bits per heavy atom. The van der Waals surface area contributed by atoms with Gasteiger partial charge in [0.1, 0.15) is 24.5 Å². The number of morpholine rings is 1. The first-order chi connectivity index (χ1) is 26.8. The molecule has 0 aromatic heterocycles. The molecule has 6 rings (SSSR count). The number of methoxy groups -OCH3 is 5. The number of hydrogen-bond donors (Lipinski definition) is 0. The Kier molecular flexibility index (Phi) is 14.0. The van der Waals surface area contributed by atoms with Gasteiger partial charge in [-0.1, -0.05) is 31.0 Å². The predicted octanol–water partition coefficient (Wildman–Crippen LogP) is 6.23. The molecule has 0 radical (unpaired) electrons. The Morgan fingerprint density at radius 3 is 2.18 bits per heavy atom. The molecule has 2 aliphatic heterocycles. The van der Waals surface area contributed by atoms with Gasteiger partial charge in [-0.15, -0.1) is 0 Å². The van der Waals surface area contributed by atoms with Crippen LogP contribution in [0.3, 0.4) is 0 Å². The van der Waals surface area contributed by atoms with E-state index >= 15 is 0 Å². The number of aryl methyl sites for hydroxylation is 1. The molecule has 3 atom stereocenters. The highest BCUT2D eigenvalue weighted by Gasteiger charge is 2.41. The molecule has 55 heavy (non-hydrogen) atoms. The topological polar surface area (TPSA) is 114 Å². The summed E-state index contributed by atoms with van der Waals surface area (Å²) in [6.45, 7) is 5.07. The van der Waals surface area contributed by atoms with Crippen molar-refractivity contribution in [2.45, 2.75) is 63.0 Å². The third-order valence-electron chi connectivity index (χ3n) is 10.9. The first-order valence-electron chi connectivity index (χ1n) is 19.4.